The minimum absolute atomic E-state index is 0.120. The van der Waals surface area contributed by atoms with E-state index in [9.17, 15) is 5.11 Å². The summed E-state index contributed by atoms with van der Waals surface area (Å²) < 4.78 is 0. The number of hydrogen-bond donors (Lipinski definition) is 2. The summed E-state index contributed by atoms with van der Waals surface area (Å²) in [6.45, 7) is 5.00. The second kappa shape index (κ2) is 6.06. The van der Waals surface area contributed by atoms with Gasteiger partial charge >= 0.3 is 0 Å². The second-order valence-corrected chi connectivity index (χ2v) is 6.27. The van der Waals surface area contributed by atoms with E-state index in [1.807, 2.05) is 0 Å². The van der Waals surface area contributed by atoms with Crippen molar-refractivity contribution in [3.8, 4) is 0 Å². The zero-order valence-corrected chi connectivity index (χ0v) is 12.2. The molecule has 2 heteroatoms. The van der Waals surface area contributed by atoms with Crippen molar-refractivity contribution in [2.45, 2.75) is 52.1 Å². The molecule has 0 radical (unpaired) electrons. The van der Waals surface area contributed by atoms with Crippen LogP contribution >= 0.6 is 0 Å². The molecule has 0 heterocycles. The molecule has 0 amide bonds. The lowest BCUT2D eigenvalue weighted by Gasteiger charge is -2.43. The number of nitrogens with two attached hydrogens (primary N) is 1. The van der Waals surface area contributed by atoms with Crippen LogP contribution in [-0.4, -0.2) is 11.7 Å². The zero-order valence-electron chi connectivity index (χ0n) is 12.2. The molecule has 1 aromatic carbocycles. The predicted octanol–water partition coefficient (Wildman–Crippen LogP) is 3.44. The molecule has 1 aliphatic carbocycles. The number of rotatable bonds is 4. The van der Waals surface area contributed by atoms with Gasteiger partial charge in [-0.3, -0.25) is 0 Å². The number of hydrogen-bond acceptors (Lipinski definition) is 2. The highest BCUT2D eigenvalue weighted by atomic mass is 16.3. The number of aryl methyl sites for hydroxylation is 1. The van der Waals surface area contributed by atoms with E-state index < -0.39 is 6.10 Å². The van der Waals surface area contributed by atoms with E-state index in [1.54, 1.807) is 0 Å². The molecule has 1 saturated carbocycles. The minimum Gasteiger partial charge on any atom is -0.388 e. The average Bonchev–Trinajstić information content (AvgIpc) is 2.46. The molecule has 106 valence electrons. The molecule has 0 saturated heterocycles. The third-order valence-corrected chi connectivity index (χ3v) is 4.82. The van der Waals surface area contributed by atoms with Gasteiger partial charge in [0.05, 0.1) is 6.10 Å². The first-order valence-electron chi connectivity index (χ1n) is 7.58. The highest BCUT2D eigenvalue weighted by Gasteiger charge is 2.40. The van der Waals surface area contributed by atoms with Crippen LogP contribution in [0.2, 0.25) is 0 Å². The highest BCUT2D eigenvalue weighted by Crippen LogP contribution is 2.47. The van der Waals surface area contributed by atoms with Gasteiger partial charge in [0.25, 0.3) is 0 Å². The van der Waals surface area contributed by atoms with E-state index in [-0.39, 0.29) is 5.41 Å². The van der Waals surface area contributed by atoms with Crippen molar-refractivity contribution in [3.63, 3.8) is 0 Å². The normalized spacial score (nSPS) is 29.2. The summed E-state index contributed by atoms with van der Waals surface area (Å²) in [6, 6.07) is 8.38. The SMILES string of the molecule is CCc1ccc(C(O)C2(CN)CCCC(C)C2)cc1. The van der Waals surface area contributed by atoms with E-state index in [4.69, 9.17) is 5.73 Å². The topological polar surface area (TPSA) is 46.2 Å². The Kier molecular flexibility index (Phi) is 4.64. The summed E-state index contributed by atoms with van der Waals surface area (Å²) in [4.78, 5) is 0. The van der Waals surface area contributed by atoms with Gasteiger partial charge in [-0.25, -0.2) is 0 Å². The minimum atomic E-state index is -0.425. The Morgan fingerprint density at radius 2 is 2.05 bits per heavy atom. The summed E-state index contributed by atoms with van der Waals surface area (Å²) in [5.41, 5.74) is 8.25. The fraction of sp³-hybridized carbons (Fsp3) is 0.647. The van der Waals surface area contributed by atoms with E-state index >= 15 is 0 Å². The van der Waals surface area contributed by atoms with Crippen molar-refractivity contribution in [1.82, 2.24) is 0 Å². The zero-order chi connectivity index (χ0) is 13.9. The van der Waals surface area contributed by atoms with Crippen molar-refractivity contribution in [1.29, 1.82) is 0 Å². The molecular formula is C17H27NO. The fourth-order valence-corrected chi connectivity index (χ4v) is 3.54. The van der Waals surface area contributed by atoms with Gasteiger partial charge in [0, 0.05) is 12.0 Å². The predicted molar refractivity (Wildman–Crippen MR) is 79.9 cm³/mol. The lowest BCUT2D eigenvalue weighted by atomic mass is 9.65. The van der Waals surface area contributed by atoms with Crippen molar-refractivity contribution in [3.05, 3.63) is 35.4 Å². The van der Waals surface area contributed by atoms with Gasteiger partial charge in [-0.2, -0.15) is 0 Å². The van der Waals surface area contributed by atoms with Crippen molar-refractivity contribution >= 4 is 0 Å². The lowest BCUT2D eigenvalue weighted by molar-refractivity contribution is -0.0130. The Bertz CT molecular complexity index is 400. The Morgan fingerprint density at radius 1 is 1.37 bits per heavy atom. The fourth-order valence-electron chi connectivity index (χ4n) is 3.54. The molecule has 1 aromatic rings. The third kappa shape index (κ3) is 3.01. The Balaban J connectivity index is 2.21. The molecule has 0 aromatic heterocycles. The monoisotopic (exact) mass is 261 g/mol. The Hall–Kier alpha value is -0.860. The quantitative estimate of drug-likeness (QED) is 0.872. The molecule has 0 aliphatic heterocycles. The maximum atomic E-state index is 10.8. The van der Waals surface area contributed by atoms with Crippen LogP contribution in [0.25, 0.3) is 0 Å². The van der Waals surface area contributed by atoms with E-state index in [2.05, 4.69) is 38.1 Å². The summed E-state index contributed by atoms with van der Waals surface area (Å²) >= 11 is 0. The smallest absolute Gasteiger partial charge is 0.0858 e. The van der Waals surface area contributed by atoms with E-state index in [1.165, 1.54) is 18.4 Å². The molecule has 2 rings (SSSR count). The second-order valence-electron chi connectivity index (χ2n) is 6.27. The van der Waals surface area contributed by atoms with Gasteiger partial charge in [0.1, 0.15) is 0 Å². The lowest BCUT2D eigenvalue weighted by Crippen LogP contribution is -2.40. The molecule has 1 aliphatic rings. The molecule has 19 heavy (non-hydrogen) atoms. The number of benzene rings is 1. The van der Waals surface area contributed by atoms with Gasteiger partial charge < -0.3 is 10.8 Å². The van der Waals surface area contributed by atoms with Crippen molar-refractivity contribution in [2.24, 2.45) is 17.1 Å². The van der Waals surface area contributed by atoms with Crippen molar-refractivity contribution < 1.29 is 5.11 Å². The van der Waals surface area contributed by atoms with E-state index in [0.29, 0.717) is 12.5 Å². The molecule has 3 atom stereocenters. The van der Waals surface area contributed by atoms with Crippen LogP contribution in [0, 0.1) is 11.3 Å². The standard InChI is InChI=1S/C17H27NO/c1-3-14-6-8-15(9-7-14)16(19)17(12-18)10-4-5-13(2)11-17/h6-9,13,16,19H,3-5,10-12,18H2,1-2H3. The summed E-state index contributed by atoms with van der Waals surface area (Å²) in [7, 11) is 0. The summed E-state index contributed by atoms with van der Waals surface area (Å²) in [5.74, 6) is 0.668. The highest BCUT2D eigenvalue weighted by molar-refractivity contribution is 5.25. The van der Waals surface area contributed by atoms with Crippen LogP contribution < -0.4 is 5.73 Å². The largest absolute Gasteiger partial charge is 0.388 e. The van der Waals surface area contributed by atoms with Gasteiger partial charge in [0.2, 0.25) is 0 Å². The molecule has 3 unspecified atom stereocenters. The summed E-state index contributed by atoms with van der Waals surface area (Å²) in [6.07, 6.45) is 5.15. The molecule has 3 N–H and O–H groups in total. The van der Waals surface area contributed by atoms with Crippen LogP contribution in [0.5, 0.6) is 0 Å². The Morgan fingerprint density at radius 3 is 2.58 bits per heavy atom. The van der Waals surface area contributed by atoms with Crippen LogP contribution in [0.3, 0.4) is 0 Å². The Labute approximate surface area is 117 Å². The van der Waals surface area contributed by atoms with Gasteiger partial charge in [-0.1, -0.05) is 51.0 Å². The molecule has 2 nitrogen and oxygen atoms in total. The van der Waals surface area contributed by atoms with Gasteiger partial charge in [-0.05, 0) is 36.3 Å². The molecule has 0 spiro atoms. The van der Waals surface area contributed by atoms with Crippen LogP contribution in [0.1, 0.15) is 56.8 Å². The molecule has 0 bridgehead atoms. The number of aliphatic hydroxyl groups is 1. The van der Waals surface area contributed by atoms with Gasteiger partial charge in [-0.15, -0.1) is 0 Å². The first-order valence-corrected chi connectivity index (χ1v) is 7.58. The van der Waals surface area contributed by atoms with Crippen molar-refractivity contribution in [2.75, 3.05) is 6.54 Å². The maximum Gasteiger partial charge on any atom is 0.0858 e. The van der Waals surface area contributed by atoms with E-state index in [0.717, 1.165) is 24.8 Å². The maximum absolute atomic E-state index is 10.8. The van der Waals surface area contributed by atoms with Crippen LogP contribution in [-0.2, 0) is 6.42 Å². The van der Waals surface area contributed by atoms with Gasteiger partial charge in [0.15, 0.2) is 0 Å². The number of aliphatic hydroxyl groups excluding tert-OH is 1. The summed E-state index contributed by atoms with van der Waals surface area (Å²) in [5, 5.41) is 10.8. The average molecular weight is 261 g/mol. The third-order valence-electron chi connectivity index (χ3n) is 4.82. The first kappa shape index (κ1) is 14.5. The first-order chi connectivity index (χ1) is 9.11. The van der Waals surface area contributed by atoms with Crippen LogP contribution in [0.15, 0.2) is 24.3 Å². The van der Waals surface area contributed by atoms with Crippen LogP contribution in [0.4, 0.5) is 0 Å². The molecular weight excluding hydrogens is 234 g/mol. The molecule has 1 fully saturated rings.